The highest BCUT2D eigenvalue weighted by molar-refractivity contribution is 6.46. The van der Waals surface area contributed by atoms with Crippen LogP contribution in [-0.2, 0) is 16.1 Å². The van der Waals surface area contributed by atoms with Gasteiger partial charge in [-0.2, -0.15) is 0 Å². The second kappa shape index (κ2) is 9.82. The van der Waals surface area contributed by atoms with Crippen LogP contribution in [0.1, 0.15) is 23.6 Å². The highest BCUT2D eigenvalue weighted by atomic mass is 16.5. The lowest BCUT2D eigenvalue weighted by molar-refractivity contribution is -0.139. The first kappa shape index (κ1) is 23.1. The number of aliphatic hydroxyl groups is 1. The van der Waals surface area contributed by atoms with Gasteiger partial charge < -0.3 is 24.2 Å². The minimum absolute atomic E-state index is 0.0930. The molecule has 0 aliphatic carbocycles. The van der Waals surface area contributed by atoms with Crippen LogP contribution in [0.15, 0.2) is 72.8 Å². The van der Waals surface area contributed by atoms with Gasteiger partial charge >= 0.3 is 0 Å². The molecule has 1 aliphatic rings. The molecule has 1 amide bonds. The smallest absolute Gasteiger partial charge is 0.295 e. The molecule has 0 radical (unpaired) electrons. The van der Waals surface area contributed by atoms with Crippen molar-refractivity contribution in [2.75, 3.05) is 32.6 Å². The van der Waals surface area contributed by atoms with E-state index in [0.29, 0.717) is 30.8 Å². The highest BCUT2D eigenvalue weighted by Crippen LogP contribution is 2.40. The minimum Gasteiger partial charge on any atom is -0.507 e. The Kier molecular flexibility index (Phi) is 6.67. The molecule has 3 aromatic rings. The number of carbonyl (C=O) groups is 2. The standard InChI is InChI=1S/C26H28N4O4/c1-28(2)20-9-5-18(6-10-20)23-22(24(31)19-7-11-21(34-3)12-8-19)25(32)26(33)30(23)15-4-14-29-16-13-27-17-29/h5-13,16-17,23,31H,4,14-15H2,1-3H3/t23-/m1/s1. The molecular formula is C26H28N4O4. The van der Waals surface area contributed by atoms with Gasteiger partial charge in [0.25, 0.3) is 11.7 Å². The Labute approximate surface area is 198 Å². The molecule has 1 atom stereocenters. The number of likely N-dealkylation sites (tertiary alicyclic amines) is 1. The number of Topliss-reactive ketones (excluding diaryl/α,β-unsaturated/α-hetero) is 1. The van der Waals surface area contributed by atoms with E-state index in [1.807, 2.05) is 54.0 Å². The summed E-state index contributed by atoms with van der Waals surface area (Å²) in [6.45, 7) is 1.02. The monoisotopic (exact) mass is 460 g/mol. The van der Waals surface area contributed by atoms with Crippen LogP contribution < -0.4 is 9.64 Å². The lowest BCUT2D eigenvalue weighted by atomic mass is 9.95. The number of carbonyl (C=O) groups excluding carboxylic acids is 2. The van der Waals surface area contributed by atoms with Crippen molar-refractivity contribution in [3.63, 3.8) is 0 Å². The summed E-state index contributed by atoms with van der Waals surface area (Å²) < 4.78 is 7.11. The van der Waals surface area contributed by atoms with Gasteiger partial charge in [-0.15, -0.1) is 0 Å². The third-order valence-electron chi connectivity index (χ3n) is 6.00. The lowest BCUT2D eigenvalue weighted by Gasteiger charge is -2.26. The van der Waals surface area contributed by atoms with Crippen LogP contribution in [-0.4, -0.2) is 59.0 Å². The van der Waals surface area contributed by atoms with E-state index in [0.717, 1.165) is 11.3 Å². The van der Waals surface area contributed by atoms with Gasteiger partial charge in [0.1, 0.15) is 11.5 Å². The maximum Gasteiger partial charge on any atom is 0.295 e. The summed E-state index contributed by atoms with van der Waals surface area (Å²) in [6, 6.07) is 13.8. The highest BCUT2D eigenvalue weighted by Gasteiger charge is 2.45. The first-order valence-corrected chi connectivity index (χ1v) is 11.1. The number of imidazole rings is 1. The van der Waals surface area contributed by atoms with Crippen molar-refractivity contribution in [1.82, 2.24) is 14.5 Å². The molecule has 2 heterocycles. The van der Waals surface area contributed by atoms with Gasteiger partial charge in [-0.1, -0.05) is 12.1 Å². The van der Waals surface area contributed by atoms with Gasteiger partial charge in [0, 0.05) is 50.8 Å². The average Bonchev–Trinajstić information content (AvgIpc) is 3.46. The number of hydrogen-bond acceptors (Lipinski definition) is 6. The SMILES string of the molecule is COc1ccc(C(O)=C2C(=O)C(=O)N(CCCn3ccnc3)[C@@H]2c2ccc(N(C)C)cc2)cc1. The van der Waals surface area contributed by atoms with Crippen LogP contribution in [0.2, 0.25) is 0 Å². The van der Waals surface area contributed by atoms with Crippen LogP contribution in [0, 0.1) is 0 Å². The Bertz CT molecular complexity index is 1180. The topological polar surface area (TPSA) is 87.9 Å². The normalized spacial score (nSPS) is 17.3. The third-order valence-corrected chi connectivity index (χ3v) is 6.00. The van der Waals surface area contributed by atoms with E-state index in [4.69, 9.17) is 4.74 Å². The Hall–Kier alpha value is -4.07. The van der Waals surface area contributed by atoms with Gasteiger partial charge in [-0.3, -0.25) is 9.59 Å². The molecule has 0 spiro atoms. The molecule has 8 heteroatoms. The first-order chi connectivity index (χ1) is 16.4. The molecule has 4 rings (SSSR count). The lowest BCUT2D eigenvalue weighted by Crippen LogP contribution is -2.31. The molecule has 2 aromatic carbocycles. The Morgan fingerprint density at radius 3 is 2.35 bits per heavy atom. The van der Waals surface area contributed by atoms with Gasteiger partial charge in [0.15, 0.2) is 0 Å². The Morgan fingerprint density at radius 2 is 1.76 bits per heavy atom. The summed E-state index contributed by atoms with van der Waals surface area (Å²) in [5.41, 5.74) is 2.31. The molecule has 1 saturated heterocycles. The van der Waals surface area contributed by atoms with E-state index in [1.54, 1.807) is 48.8 Å². The van der Waals surface area contributed by atoms with Crippen molar-refractivity contribution in [3.8, 4) is 5.75 Å². The molecule has 0 saturated carbocycles. The van der Waals surface area contributed by atoms with Crippen LogP contribution >= 0.6 is 0 Å². The van der Waals surface area contributed by atoms with Crippen molar-refractivity contribution in [2.24, 2.45) is 0 Å². The van der Waals surface area contributed by atoms with Crippen molar-refractivity contribution in [1.29, 1.82) is 0 Å². The number of aliphatic hydroxyl groups excluding tert-OH is 1. The maximum atomic E-state index is 13.1. The molecule has 1 aliphatic heterocycles. The number of amides is 1. The molecule has 0 unspecified atom stereocenters. The van der Waals surface area contributed by atoms with E-state index >= 15 is 0 Å². The largest absolute Gasteiger partial charge is 0.507 e. The summed E-state index contributed by atoms with van der Waals surface area (Å²) >= 11 is 0. The zero-order valence-corrected chi connectivity index (χ0v) is 19.5. The van der Waals surface area contributed by atoms with Gasteiger partial charge in [0.2, 0.25) is 0 Å². The van der Waals surface area contributed by atoms with Crippen molar-refractivity contribution in [2.45, 2.75) is 19.0 Å². The number of nitrogens with zero attached hydrogens (tertiary/aromatic N) is 4. The van der Waals surface area contributed by atoms with Crippen LogP contribution in [0.5, 0.6) is 5.75 Å². The fourth-order valence-electron chi connectivity index (χ4n) is 4.16. The van der Waals surface area contributed by atoms with Crippen LogP contribution in [0.25, 0.3) is 5.76 Å². The fraction of sp³-hybridized carbons (Fsp3) is 0.269. The molecule has 1 aromatic heterocycles. The number of methoxy groups -OCH3 is 1. The second-order valence-corrected chi connectivity index (χ2v) is 8.36. The van der Waals surface area contributed by atoms with Crippen LogP contribution in [0.3, 0.4) is 0 Å². The number of ether oxygens (including phenoxy) is 1. The summed E-state index contributed by atoms with van der Waals surface area (Å²) in [4.78, 5) is 33.8. The number of aryl methyl sites for hydroxylation is 1. The number of ketones is 1. The molecule has 8 nitrogen and oxygen atoms in total. The predicted molar refractivity (Wildman–Crippen MR) is 130 cm³/mol. The minimum atomic E-state index is -0.683. The van der Waals surface area contributed by atoms with E-state index in [1.165, 1.54) is 0 Å². The van der Waals surface area contributed by atoms with Crippen molar-refractivity contribution < 1.29 is 19.4 Å². The second-order valence-electron chi connectivity index (χ2n) is 8.36. The number of aromatic nitrogens is 2. The van der Waals surface area contributed by atoms with Gasteiger partial charge in [-0.25, -0.2) is 4.98 Å². The van der Waals surface area contributed by atoms with E-state index < -0.39 is 17.7 Å². The predicted octanol–water partition coefficient (Wildman–Crippen LogP) is 3.47. The molecule has 1 N–H and O–H groups in total. The number of hydrogen-bond donors (Lipinski definition) is 1. The molecule has 0 bridgehead atoms. The number of benzene rings is 2. The molecular weight excluding hydrogens is 432 g/mol. The third kappa shape index (κ3) is 4.52. The summed E-state index contributed by atoms with van der Waals surface area (Å²) in [6.07, 6.45) is 5.91. The zero-order valence-electron chi connectivity index (χ0n) is 19.5. The molecule has 176 valence electrons. The molecule has 1 fully saturated rings. The number of anilines is 1. The van der Waals surface area contributed by atoms with Crippen molar-refractivity contribution in [3.05, 3.63) is 84.0 Å². The maximum absolute atomic E-state index is 13.1. The quantitative estimate of drug-likeness (QED) is 0.315. The van der Waals surface area contributed by atoms with E-state index in [2.05, 4.69) is 4.98 Å². The number of rotatable bonds is 8. The molecule has 34 heavy (non-hydrogen) atoms. The summed E-state index contributed by atoms with van der Waals surface area (Å²) in [7, 11) is 5.45. The fourth-order valence-corrected chi connectivity index (χ4v) is 4.16. The summed E-state index contributed by atoms with van der Waals surface area (Å²) in [5, 5.41) is 11.2. The van der Waals surface area contributed by atoms with Crippen molar-refractivity contribution >= 4 is 23.1 Å². The zero-order chi connectivity index (χ0) is 24.2. The van der Waals surface area contributed by atoms with E-state index in [-0.39, 0.29) is 11.3 Å². The van der Waals surface area contributed by atoms with Crippen LogP contribution in [0.4, 0.5) is 5.69 Å². The Balaban J connectivity index is 1.72. The van der Waals surface area contributed by atoms with E-state index in [9.17, 15) is 14.7 Å². The summed E-state index contributed by atoms with van der Waals surface area (Å²) in [5.74, 6) is -0.854. The first-order valence-electron chi connectivity index (χ1n) is 11.1. The average molecular weight is 461 g/mol. The Morgan fingerprint density at radius 1 is 1.06 bits per heavy atom. The van der Waals surface area contributed by atoms with Gasteiger partial charge in [0.05, 0.1) is 25.1 Å². The van der Waals surface area contributed by atoms with Gasteiger partial charge in [-0.05, 0) is 48.4 Å².